The van der Waals surface area contributed by atoms with Crippen LogP contribution >= 0.6 is 11.6 Å². The fraction of sp³-hybridized carbons (Fsp3) is 0.357. The number of benzene rings is 1. The van der Waals surface area contributed by atoms with Gasteiger partial charge in [0.05, 0.1) is 22.7 Å². The number of para-hydroxylation sites is 1. The van der Waals surface area contributed by atoms with Gasteiger partial charge in [0.1, 0.15) is 0 Å². The van der Waals surface area contributed by atoms with Crippen molar-refractivity contribution in [3.8, 4) is 5.69 Å². The van der Waals surface area contributed by atoms with E-state index in [0.717, 1.165) is 17.9 Å². The van der Waals surface area contributed by atoms with Crippen molar-refractivity contribution in [3.63, 3.8) is 0 Å². The molecule has 4 heteroatoms. The number of hydrogen-bond acceptors (Lipinski definition) is 2. The van der Waals surface area contributed by atoms with E-state index in [1.54, 1.807) is 12.5 Å². The number of anilines is 1. The molecule has 3 nitrogen and oxygen atoms in total. The van der Waals surface area contributed by atoms with Gasteiger partial charge in [0.2, 0.25) is 0 Å². The number of halogens is 1. The number of aromatic nitrogens is 2. The third kappa shape index (κ3) is 3.05. The number of rotatable bonds is 3. The molecule has 1 N–H and O–H groups in total. The highest BCUT2D eigenvalue weighted by atomic mass is 35.5. The summed E-state index contributed by atoms with van der Waals surface area (Å²) in [6, 6.07) is 5.87. The third-order valence-electron chi connectivity index (χ3n) is 2.56. The van der Waals surface area contributed by atoms with E-state index in [2.05, 4.69) is 31.1 Å². The summed E-state index contributed by atoms with van der Waals surface area (Å²) in [4.78, 5) is 4.07. The van der Waals surface area contributed by atoms with Crippen LogP contribution in [0.4, 0.5) is 5.69 Å². The average molecular weight is 264 g/mol. The Labute approximate surface area is 113 Å². The highest BCUT2D eigenvalue weighted by molar-refractivity contribution is 6.33. The van der Waals surface area contributed by atoms with Crippen LogP contribution in [0.2, 0.25) is 5.02 Å². The zero-order valence-electron chi connectivity index (χ0n) is 10.9. The van der Waals surface area contributed by atoms with Crippen molar-refractivity contribution < 1.29 is 0 Å². The Kier molecular flexibility index (Phi) is 3.62. The maximum absolute atomic E-state index is 6.28. The second-order valence-electron chi connectivity index (χ2n) is 5.52. The summed E-state index contributed by atoms with van der Waals surface area (Å²) >= 11 is 6.28. The van der Waals surface area contributed by atoms with Crippen molar-refractivity contribution in [2.45, 2.75) is 20.8 Å². The van der Waals surface area contributed by atoms with Crippen molar-refractivity contribution in [2.75, 3.05) is 11.9 Å². The number of hydrogen-bond donors (Lipinski definition) is 1. The average Bonchev–Trinajstić information content (AvgIpc) is 2.78. The highest BCUT2D eigenvalue weighted by Crippen LogP contribution is 2.29. The molecule has 0 saturated heterocycles. The second-order valence-corrected chi connectivity index (χ2v) is 5.93. The zero-order valence-corrected chi connectivity index (χ0v) is 11.7. The topological polar surface area (TPSA) is 29.9 Å². The van der Waals surface area contributed by atoms with Gasteiger partial charge in [-0.3, -0.25) is 0 Å². The van der Waals surface area contributed by atoms with Gasteiger partial charge in [-0.15, -0.1) is 0 Å². The summed E-state index contributed by atoms with van der Waals surface area (Å²) < 4.78 is 1.92. The van der Waals surface area contributed by atoms with Crippen LogP contribution in [0.15, 0.2) is 36.9 Å². The summed E-state index contributed by atoms with van der Waals surface area (Å²) in [6.07, 6.45) is 5.39. The molecule has 0 saturated carbocycles. The monoisotopic (exact) mass is 263 g/mol. The molecule has 0 aliphatic carbocycles. The molecule has 1 aromatic carbocycles. The van der Waals surface area contributed by atoms with E-state index < -0.39 is 0 Å². The lowest BCUT2D eigenvalue weighted by atomic mass is 9.97. The molecule has 0 bridgehead atoms. The number of nitrogens with zero attached hydrogens (tertiary/aromatic N) is 2. The third-order valence-corrected chi connectivity index (χ3v) is 2.86. The molecule has 1 heterocycles. The molecule has 0 unspecified atom stereocenters. The molecule has 96 valence electrons. The quantitative estimate of drug-likeness (QED) is 0.908. The smallest absolute Gasteiger partial charge is 0.0992 e. The molecule has 1 aromatic heterocycles. The second kappa shape index (κ2) is 5.02. The lowest BCUT2D eigenvalue weighted by Crippen LogP contribution is -2.19. The first-order valence-corrected chi connectivity index (χ1v) is 6.36. The van der Waals surface area contributed by atoms with Gasteiger partial charge < -0.3 is 9.88 Å². The fourth-order valence-corrected chi connectivity index (χ4v) is 1.94. The Morgan fingerprint density at radius 3 is 2.72 bits per heavy atom. The number of nitrogens with one attached hydrogen (secondary N) is 1. The van der Waals surface area contributed by atoms with Gasteiger partial charge in [0.25, 0.3) is 0 Å². The molecule has 0 aliphatic heterocycles. The molecular weight excluding hydrogens is 246 g/mol. The summed E-state index contributed by atoms with van der Waals surface area (Å²) in [6.45, 7) is 7.47. The van der Waals surface area contributed by atoms with Crippen molar-refractivity contribution in [2.24, 2.45) is 5.41 Å². The highest BCUT2D eigenvalue weighted by Gasteiger charge is 2.13. The van der Waals surface area contributed by atoms with Crippen LogP contribution in [0.1, 0.15) is 20.8 Å². The summed E-state index contributed by atoms with van der Waals surface area (Å²) in [7, 11) is 0. The minimum atomic E-state index is 0.217. The minimum absolute atomic E-state index is 0.217. The molecule has 0 fully saturated rings. The SMILES string of the molecule is CC(C)(C)CNc1cccc(Cl)c1-n1ccnc1. The van der Waals surface area contributed by atoms with Crippen molar-refractivity contribution in [1.29, 1.82) is 0 Å². The fourth-order valence-electron chi connectivity index (χ4n) is 1.67. The zero-order chi connectivity index (χ0) is 13.2. The Morgan fingerprint density at radius 2 is 2.11 bits per heavy atom. The molecule has 0 spiro atoms. The van der Waals surface area contributed by atoms with Crippen molar-refractivity contribution in [3.05, 3.63) is 41.9 Å². The lowest BCUT2D eigenvalue weighted by Gasteiger charge is -2.21. The van der Waals surface area contributed by atoms with Crippen LogP contribution in [-0.4, -0.2) is 16.1 Å². The summed E-state index contributed by atoms with van der Waals surface area (Å²) in [5.41, 5.74) is 2.19. The van der Waals surface area contributed by atoms with Crippen LogP contribution in [0.3, 0.4) is 0 Å². The Bertz CT molecular complexity index is 512. The normalized spacial score (nSPS) is 11.6. The van der Waals surface area contributed by atoms with Crippen molar-refractivity contribution >= 4 is 17.3 Å². The molecule has 0 amide bonds. The molecule has 18 heavy (non-hydrogen) atoms. The van der Waals surface area contributed by atoms with Crippen LogP contribution in [-0.2, 0) is 0 Å². The Balaban J connectivity index is 2.33. The van der Waals surface area contributed by atoms with Crippen LogP contribution < -0.4 is 5.32 Å². The van der Waals surface area contributed by atoms with Crippen molar-refractivity contribution in [1.82, 2.24) is 9.55 Å². The standard InChI is InChI=1S/C14H18ClN3/c1-14(2,3)9-17-12-6-4-5-11(15)13(12)18-8-7-16-10-18/h4-8,10,17H,9H2,1-3H3. The Morgan fingerprint density at radius 1 is 1.33 bits per heavy atom. The van der Waals surface area contributed by atoms with E-state index in [9.17, 15) is 0 Å². The van der Waals surface area contributed by atoms with Gasteiger partial charge in [0, 0.05) is 18.9 Å². The lowest BCUT2D eigenvalue weighted by molar-refractivity contribution is 0.443. The summed E-state index contributed by atoms with van der Waals surface area (Å²) in [5, 5.41) is 4.16. The van der Waals surface area contributed by atoms with E-state index >= 15 is 0 Å². The van der Waals surface area contributed by atoms with Crippen LogP contribution in [0.25, 0.3) is 5.69 Å². The summed E-state index contributed by atoms with van der Waals surface area (Å²) in [5.74, 6) is 0. The number of imidazole rings is 1. The van der Waals surface area contributed by atoms with Gasteiger partial charge in [-0.05, 0) is 17.5 Å². The van der Waals surface area contributed by atoms with Gasteiger partial charge >= 0.3 is 0 Å². The van der Waals surface area contributed by atoms with E-state index in [1.165, 1.54) is 0 Å². The maximum Gasteiger partial charge on any atom is 0.0992 e. The molecule has 0 atom stereocenters. The van der Waals surface area contributed by atoms with Gasteiger partial charge in [-0.1, -0.05) is 38.4 Å². The molecule has 0 aliphatic rings. The van der Waals surface area contributed by atoms with E-state index in [0.29, 0.717) is 5.02 Å². The van der Waals surface area contributed by atoms with Crippen LogP contribution in [0, 0.1) is 5.41 Å². The van der Waals surface area contributed by atoms with E-state index in [4.69, 9.17) is 11.6 Å². The van der Waals surface area contributed by atoms with Gasteiger partial charge in [-0.25, -0.2) is 4.98 Å². The Hall–Kier alpha value is -1.48. The first-order valence-electron chi connectivity index (χ1n) is 5.98. The first kappa shape index (κ1) is 13.0. The van der Waals surface area contributed by atoms with Gasteiger partial charge in [0.15, 0.2) is 0 Å². The molecule has 2 rings (SSSR count). The molecule has 0 radical (unpaired) electrons. The molecule has 2 aromatic rings. The first-order chi connectivity index (χ1) is 8.47. The maximum atomic E-state index is 6.28. The largest absolute Gasteiger partial charge is 0.383 e. The molecular formula is C14H18ClN3. The van der Waals surface area contributed by atoms with E-state index in [-0.39, 0.29) is 5.41 Å². The minimum Gasteiger partial charge on any atom is -0.383 e. The predicted molar refractivity (Wildman–Crippen MR) is 76.5 cm³/mol. The van der Waals surface area contributed by atoms with Crippen LogP contribution in [0.5, 0.6) is 0 Å². The van der Waals surface area contributed by atoms with Gasteiger partial charge in [-0.2, -0.15) is 0 Å². The van der Waals surface area contributed by atoms with E-state index in [1.807, 2.05) is 29.0 Å². The predicted octanol–water partition coefficient (Wildman–Crippen LogP) is 3.98.